The number of ether oxygens (including phenoxy) is 1. The van der Waals surface area contributed by atoms with E-state index in [2.05, 4.69) is 0 Å². The monoisotopic (exact) mass is 346 g/mol. The van der Waals surface area contributed by atoms with Crippen molar-refractivity contribution in [3.05, 3.63) is 44.9 Å². The lowest BCUT2D eigenvalue weighted by Crippen LogP contribution is -2.11. The van der Waals surface area contributed by atoms with E-state index in [1.54, 1.807) is 12.1 Å². The molecule has 21 heavy (non-hydrogen) atoms. The number of hydrogen-bond donors (Lipinski definition) is 0. The SMILES string of the molecule is Cc1cccc(Cl)c1COC(=O)C1C(C=C(Cl)Cl)C1(C)C. The summed E-state index contributed by atoms with van der Waals surface area (Å²) in [6, 6.07) is 5.60. The molecule has 0 amide bonds. The number of esters is 1. The normalized spacial score (nSPS) is 22.6. The molecule has 5 heteroatoms. The molecule has 0 saturated heterocycles. The summed E-state index contributed by atoms with van der Waals surface area (Å²) < 4.78 is 5.61. The molecule has 1 aromatic rings. The van der Waals surface area contributed by atoms with Crippen LogP contribution in [0.2, 0.25) is 5.02 Å². The van der Waals surface area contributed by atoms with Crippen LogP contribution in [0.15, 0.2) is 28.8 Å². The van der Waals surface area contributed by atoms with Gasteiger partial charge < -0.3 is 4.74 Å². The summed E-state index contributed by atoms with van der Waals surface area (Å²) in [5.41, 5.74) is 1.67. The molecule has 1 aliphatic rings. The molecule has 0 spiro atoms. The van der Waals surface area contributed by atoms with Crippen molar-refractivity contribution in [2.45, 2.75) is 27.4 Å². The molecule has 1 aromatic carbocycles. The number of carbonyl (C=O) groups excluding carboxylic acids is 1. The zero-order valence-corrected chi connectivity index (χ0v) is 14.4. The number of rotatable bonds is 4. The van der Waals surface area contributed by atoms with Crippen LogP contribution in [0, 0.1) is 24.2 Å². The molecule has 1 saturated carbocycles. The average molecular weight is 348 g/mol. The summed E-state index contributed by atoms with van der Waals surface area (Å²) in [5.74, 6) is -0.440. The summed E-state index contributed by atoms with van der Waals surface area (Å²) in [4.78, 5) is 12.2. The maximum Gasteiger partial charge on any atom is 0.310 e. The molecular formula is C16H17Cl3O2. The third-order valence-corrected chi connectivity index (χ3v) is 4.79. The fourth-order valence-electron chi connectivity index (χ4n) is 2.66. The molecule has 114 valence electrons. The highest BCUT2D eigenvalue weighted by Gasteiger charge is 2.61. The lowest BCUT2D eigenvalue weighted by molar-refractivity contribution is -0.147. The lowest BCUT2D eigenvalue weighted by Gasteiger charge is -2.09. The van der Waals surface area contributed by atoms with Crippen molar-refractivity contribution in [1.82, 2.24) is 0 Å². The minimum atomic E-state index is -0.241. The first-order valence-corrected chi connectivity index (χ1v) is 7.82. The van der Waals surface area contributed by atoms with Gasteiger partial charge in [-0.1, -0.05) is 60.8 Å². The molecule has 0 aliphatic heterocycles. The Morgan fingerprint density at radius 3 is 2.62 bits per heavy atom. The van der Waals surface area contributed by atoms with Gasteiger partial charge >= 0.3 is 5.97 Å². The molecule has 0 heterocycles. The Hall–Kier alpha value is -0.700. The van der Waals surface area contributed by atoms with Crippen LogP contribution in [-0.4, -0.2) is 5.97 Å². The molecular weight excluding hydrogens is 331 g/mol. The van der Waals surface area contributed by atoms with Crippen molar-refractivity contribution in [1.29, 1.82) is 0 Å². The molecule has 0 N–H and O–H groups in total. The van der Waals surface area contributed by atoms with Crippen molar-refractivity contribution in [3.8, 4) is 0 Å². The van der Waals surface area contributed by atoms with Gasteiger partial charge in [0.25, 0.3) is 0 Å². The number of halogens is 3. The zero-order chi connectivity index (χ0) is 15.8. The van der Waals surface area contributed by atoms with Crippen molar-refractivity contribution in [2.24, 2.45) is 17.3 Å². The van der Waals surface area contributed by atoms with Gasteiger partial charge in [0.05, 0.1) is 5.92 Å². The molecule has 2 rings (SSSR count). The largest absolute Gasteiger partial charge is 0.460 e. The van der Waals surface area contributed by atoms with E-state index in [4.69, 9.17) is 39.5 Å². The quantitative estimate of drug-likeness (QED) is 0.692. The molecule has 2 nitrogen and oxygen atoms in total. The Balaban J connectivity index is 2.02. The van der Waals surface area contributed by atoms with E-state index in [1.165, 1.54) is 0 Å². The van der Waals surface area contributed by atoms with Gasteiger partial charge in [0.1, 0.15) is 11.1 Å². The van der Waals surface area contributed by atoms with Crippen LogP contribution < -0.4 is 0 Å². The van der Waals surface area contributed by atoms with E-state index >= 15 is 0 Å². The summed E-state index contributed by atoms with van der Waals surface area (Å²) >= 11 is 17.5. The van der Waals surface area contributed by atoms with Crippen LogP contribution in [0.1, 0.15) is 25.0 Å². The van der Waals surface area contributed by atoms with E-state index in [0.29, 0.717) is 5.02 Å². The molecule has 1 aliphatic carbocycles. The minimum absolute atomic E-state index is 0.0161. The average Bonchev–Trinajstić information content (AvgIpc) is 2.89. The van der Waals surface area contributed by atoms with E-state index in [1.807, 2.05) is 32.9 Å². The fourth-order valence-corrected chi connectivity index (χ4v) is 3.20. The van der Waals surface area contributed by atoms with E-state index in [-0.39, 0.29) is 34.3 Å². The van der Waals surface area contributed by atoms with Gasteiger partial charge in [-0.2, -0.15) is 0 Å². The number of hydrogen-bond acceptors (Lipinski definition) is 2. The maximum absolute atomic E-state index is 12.2. The van der Waals surface area contributed by atoms with Crippen molar-refractivity contribution in [2.75, 3.05) is 0 Å². The molecule has 0 radical (unpaired) electrons. The van der Waals surface area contributed by atoms with Crippen LogP contribution in [0.4, 0.5) is 0 Å². The Labute approximate surface area is 140 Å². The number of carbonyl (C=O) groups is 1. The lowest BCUT2D eigenvalue weighted by atomic mass is 10.1. The number of benzene rings is 1. The van der Waals surface area contributed by atoms with Crippen LogP contribution >= 0.6 is 34.8 Å². The molecule has 2 atom stereocenters. The predicted molar refractivity (Wildman–Crippen MR) is 86.5 cm³/mol. The summed E-state index contributed by atoms with van der Waals surface area (Å²) in [7, 11) is 0. The standard InChI is InChI=1S/C16H17Cl3O2/c1-9-5-4-6-12(17)10(9)8-21-15(20)14-11(7-13(18)19)16(14,2)3/h4-7,11,14H,8H2,1-3H3. The highest BCUT2D eigenvalue weighted by molar-refractivity contribution is 6.55. The van der Waals surface area contributed by atoms with E-state index in [9.17, 15) is 4.79 Å². The summed E-state index contributed by atoms with van der Waals surface area (Å²) in [6.45, 7) is 6.12. The Bertz CT molecular complexity index is 569. The van der Waals surface area contributed by atoms with Gasteiger partial charge in [0, 0.05) is 10.6 Å². The topological polar surface area (TPSA) is 26.3 Å². The third-order valence-electron chi connectivity index (χ3n) is 4.18. The minimum Gasteiger partial charge on any atom is -0.460 e. The van der Waals surface area contributed by atoms with Gasteiger partial charge in [-0.05, 0) is 36.0 Å². The summed E-state index contributed by atoms with van der Waals surface area (Å²) in [6.07, 6.45) is 1.70. The second-order valence-electron chi connectivity index (χ2n) is 5.92. The second kappa shape index (κ2) is 6.20. The van der Waals surface area contributed by atoms with Crippen molar-refractivity contribution < 1.29 is 9.53 Å². The van der Waals surface area contributed by atoms with Crippen LogP contribution in [0.3, 0.4) is 0 Å². The molecule has 1 fully saturated rings. The van der Waals surface area contributed by atoms with Gasteiger partial charge in [-0.15, -0.1) is 0 Å². The Morgan fingerprint density at radius 2 is 2.05 bits per heavy atom. The van der Waals surface area contributed by atoms with Gasteiger partial charge in [-0.3, -0.25) is 4.79 Å². The highest BCUT2D eigenvalue weighted by Crippen LogP contribution is 2.60. The summed E-state index contributed by atoms with van der Waals surface area (Å²) in [5, 5.41) is 0.609. The Kier molecular flexibility index (Phi) is 4.92. The first kappa shape index (κ1) is 16.7. The van der Waals surface area contributed by atoms with Gasteiger partial charge in [-0.25, -0.2) is 0 Å². The van der Waals surface area contributed by atoms with Crippen molar-refractivity contribution in [3.63, 3.8) is 0 Å². The van der Waals surface area contributed by atoms with Crippen molar-refractivity contribution >= 4 is 40.8 Å². The third kappa shape index (κ3) is 3.56. The van der Waals surface area contributed by atoms with Crippen LogP contribution in [0.5, 0.6) is 0 Å². The van der Waals surface area contributed by atoms with Gasteiger partial charge in [0.2, 0.25) is 0 Å². The highest BCUT2D eigenvalue weighted by atomic mass is 35.5. The molecule has 2 unspecified atom stereocenters. The predicted octanol–water partition coefficient (Wildman–Crippen LogP) is 5.28. The fraction of sp³-hybridized carbons (Fsp3) is 0.438. The first-order chi connectivity index (χ1) is 9.75. The maximum atomic E-state index is 12.2. The first-order valence-electron chi connectivity index (χ1n) is 6.68. The zero-order valence-electron chi connectivity index (χ0n) is 12.1. The number of aryl methyl sites for hydroxylation is 1. The van der Waals surface area contributed by atoms with Gasteiger partial charge in [0.15, 0.2) is 0 Å². The van der Waals surface area contributed by atoms with Crippen LogP contribution in [-0.2, 0) is 16.1 Å². The van der Waals surface area contributed by atoms with E-state index in [0.717, 1.165) is 11.1 Å². The van der Waals surface area contributed by atoms with Crippen LogP contribution in [0.25, 0.3) is 0 Å². The smallest absolute Gasteiger partial charge is 0.310 e. The Morgan fingerprint density at radius 1 is 1.38 bits per heavy atom. The molecule has 0 aromatic heterocycles. The second-order valence-corrected chi connectivity index (χ2v) is 7.34. The number of allylic oxidation sites excluding steroid dienone is 1. The molecule has 0 bridgehead atoms. The van der Waals surface area contributed by atoms with E-state index < -0.39 is 0 Å².